The van der Waals surface area contributed by atoms with Gasteiger partial charge >= 0.3 is 0 Å². The Hall–Kier alpha value is -0.870. The van der Waals surface area contributed by atoms with Crippen molar-refractivity contribution in [3.8, 4) is 0 Å². The molecule has 0 aromatic carbocycles. The maximum Gasteiger partial charge on any atom is 0.143 e. The van der Waals surface area contributed by atoms with Crippen LogP contribution in [0.4, 0.5) is 13.2 Å². The van der Waals surface area contributed by atoms with E-state index in [1.165, 1.54) is 0 Å². The Balaban J connectivity index is 4.80. The van der Waals surface area contributed by atoms with Crippen LogP contribution in [0.2, 0.25) is 0 Å². The lowest BCUT2D eigenvalue weighted by atomic mass is 9.78. The smallest absolute Gasteiger partial charge is 0.143 e. The molecule has 0 saturated carbocycles. The highest BCUT2D eigenvalue weighted by molar-refractivity contribution is 6.01. The molecule has 0 radical (unpaired) electrons. The molecule has 0 rings (SSSR count). The first-order valence-electron chi connectivity index (χ1n) is 7.66. The maximum atomic E-state index is 12.9. The molecule has 0 spiro atoms. The summed E-state index contributed by atoms with van der Waals surface area (Å²) in [7, 11) is 0. The summed E-state index contributed by atoms with van der Waals surface area (Å²) in [6.45, 7) is 2.07. The summed E-state index contributed by atoms with van der Waals surface area (Å²) < 4.78 is 38.7. The lowest BCUT2D eigenvalue weighted by Crippen LogP contribution is -2.34. The average molecular weight is 308 g/mol. The summed E-state index contributed by atoms with van der Waals surface area (Å²) >= 11 is 0. The van der Waals surface area contributed by atoms with E-state index in [0.717, 1.165) is 0 Å². The number of halogens is 3. The molecule has 5 heteroatoms. The van der Waals surface area contributed by atoms with Crippen LogP contribution >= 0.6 is 0 Å². The van der Waals surface area contributed by atoms with Gasteiger partial charge in [-0.2, -0.15) is 0 Å². The predicted octanol–water partition coefficient (Wildman–Crippen LogP) is 4.26. The van der Waals surface area contributed by atoms with Crippen molar-refractivity contribution >= 4 is 11.6 Å². The van der Waals surface area contributed by atoms with Crippen molar-refractivity contribution in [3.63, 3.8) is 0 Å². The Morgan fingerprint density at radius 2 is 1.19 bits per heavy atom. The van der Waals surface area contributed by atoms with Crippen LogP contribution in [0, 0.1) is 17.3 Å². The van der Waals surface area contributed by atoms with Crippen molar-refractivity contribution in [2.75, 3.05) is 20.0 Å². The third kappa shape index (κ3) is 5.79. The first kappa shape index (κ1) is 20.1. The molecule has 0 bridgehead atoms. The molecule has 0 heterocycles. The second-order valence-corrected chi connectivity index (χ2v) is 5.83. The minimum absolute atomic E-state index is 0.130. The Bertz CT molecular complexity index is 315. The van der Waals surface area contributed by atoms with Gasteiger partial charge in [-0.25, -0.2) is 0 Å². The summed E-state index contributed by atoms with van der Waals surface area (Å²) in [6.07, 6.45) is 1.30. The average Bonchev–Trinajstić information content (AvgIpc) is 2.50. The quantitative estimate of drug-likeness (QED) is 0.505. The fourth-order valence-corrected chi connectivity index (χ4v) is 2.48. The summed E-state index contributed by atoms with van der Waals surface area (Å²) in [5, 5.41) is 0. The number of carbonyl (C=O) groups excluding carboxylic acids is 2. The van der Waals surface area contributed by atoms with Gasteiger partial charge in [-0.15, -0.1) is 0 Å². The fourth-order valence-electron chi connectivity index (χ4n) is 2.48. The van der Waals surface area contributed by atoms with Crippen LogP contribution in [0.5, 0.6) is 0 Å². The van der Waals surface area contributed by atoms with E-state index in [9.17, 15) is 22.8 Å². The third-order valence-corrected chi connectivity index (χ3v) is 4.27. The molecule has 0 N–H and O–H groups in total. The van der Waals surface area contributed by atoms with E-state index >= 15 is 0 Å². The highest BCUT2D eigenvalue weighted by atomic mass is 19.1. The van der Waals surface area contributed by atoms with Crippen molar-refractivity contribution in [3.05, 3.63) is 0 Å². The topological polar surface area (TPSA) is 34.1 Å². The molecule has 0 aromatic rings. The van der Waals surface area contributed by atoms with Crippen LogP contribution in [0.15, 0.2) is 0 Å². The number of alkyl halides is 3. The van der Waals surface area contributed by atoms with Gasteiger partial charge in [0.05, 0.1) is 11.8 Å². The molecule has 1 unspecified atom stereocenters. The van der Waals surface area contributed by atoms with Gasteiger partial charge in [0.25, 0.3) is 0 Å². The molecule has 0 amide bonds. The predicted molar refractivity (Wildman–Crippen MR) is 77.5 cm³/mol. The van der Waals surface area contributed by atoms with E-state index < -0.39 is 31.4 Å². The van der Waals surface area contributed by atoms with Gasteiger partial charge in [0.2, 0.25) is 0 Å². The highest BCUT2D eigenvalue weighted by Crippen LogP contribution is 2.31. The van der Waals surface area contributed by atoms with Gasteiger partial charge in [-0.05, 0) is 25.7 Å². The van der Waals surface area contributed by atoms with Crippen LogP contribution in [-0.4, -0.2) is 31.6 Å². The van der Waals surface area contributed by atoms with Crippen LogP contribution in [0.25, 0.3) is 0 Å². The van der Waals surface area contributed by atoms with Crippen LogP contribution in [-0.2, 0) is 9.59 Å². The molecule has 0 fully saturated rings. The van der Waals surface area contributed by atoms with Crippen molar-refractivity contribution in [1.29, 1.82) is 0 Å². The standard InChI is InChI=1S/C16H27F3O2/c1-4-12(5-2)14(20)7-15(21)13(6-3)8-16(9-17,10-18)11-19/h12-13H,4-11H2,1-3H3. The number of hydrogen-bond acceptors (Lipinski definition) is 2. The van der Waals surface area contributed by atoms with E-state index in [0.29, 0.717) is 19.3 Å². The van der Waals surface area contributed by atoms with Gasteiger partial charge in [0.15, 0.2) is 0 Å². The second kappa shape index (κ2) is 9.96. The molecule has 0 aliphatic carbocycles. The summed E-state index contributed by atoms with van der Waals surface area (Å²) in [4.78, 5) is 24.1. The molecule has 124 valence electrons. The zero-order valence-electron chi connectivity index (χ0n) is 13.3. The van der Waals surface area contributed by atoms with E-state index in [1.54, 1.807) is 6.92 Å². The Labute approximate surface area is 125 Å². The summed E-state index contributed by atoms with van der Waals surface area (Å²) in [6, 6.07) is 0. The molecule has 0 aliphatic heterocycles. The SMILES string of the molecule is CCC(CC)C(=O)CC(=O)C(CC)CC(CF)(CF)CF. The normalized spacial score (nSPS) is 13.5. The fraction of sp³-hybridized carbons (Fsp3) is 0.875. The monoisotopic (exact) mass is 308 g/mol. The van der Waals surface area contributed by atoms with Gasteiger partial charge in [-0.3, -0.25) is 22.8 Å². The van der Waals surface area contributed by atoms with Crippen LogP contribution in [0.1, 0.15) is 52.9 Å². The van der Waals surface area contributed by atoms with Crippen molar-refractivity contribution in [2.45, 2.75) is 52.9 Å². The molecule has 1 atom stereocenters. The lowest BCUT2D eigenvalue weighted by molar-refractivity contribution is -0.132. The van der Waals surface area contributed by atoms with E-state index in [-0.39, 0.29) is 30.3 Å². The van der Waals surface area contributed by atoms with Crippen molar-refractivity contribution in [2.24, 2.45) is 17.3 Å². The first-order chi connectivity index (χ1) is 9.93. The van der Waals surface area contributed by atoms with Crippen LogP contribution < -0.4 is 0 Å². The summed E-state index contributed by atoms with van der Waals surface area (Å²) in [5.41, 5.74) is -1.73. The molecule has 21 heavy (non-hydrogen) atoms. The van der Waals surface area contributed by atoms with Crippen LogP contribution in [0.3, 0.4) is 0 Å². The number of carbonyl (C=O) groups is 2. The Kier molecular flexibility index (Phi) is 9.54. The van der Waals surface area contributed by atoms with Crippen molar-refractivity contribution < 1.29 is 22.8 Å². The number of Topliss-reactive ketones (excluding diaryl/α,β-unsaturated/α-hetero) is 2. The molecular formula is C16H27F3O2. The number of ketones is 2. The Morgan fingerprint density at radius 1 is 0.810 bits per heavy atom. The van der Waals surface area contributed by atoms with Gasteiger partial charge in [0.1, 0.15) is 31.6 Å². The minimum atomic E-state index is -1.73. The van der Waals surface area contributed by atoms with E-state index in [1.807, 2.05) is 13.8 Å². The first-order valence-corrected chi connectivity index (χ1v) is 7.66. The third-order valence-electron chi connectivity index (χ3n) is 4.27. The molecular weight excluding hydrogens is 281 g/mol. The largest absolute Gasteiger partial charge is 0.299 e. The second-order valence-electron chi connectivity index (χ2n) is 5.83. The van der Waals surface area contributed by atoms with Gasteiger partial charge in [-0.1, -0.05) is 20.8 Å². The molecule has 0 aromatic heterocycles. The summed E-state index contributed by atoms with van der Waals surface area (Å²) in [5.74, 6) is -1.27. The molecule has 2 nitrogen and oxygen atoms in total. The lowest BCUT2D eigenvalue weighted by Gasteiger charge is -2.28. The van der Waals surface area contributed by atoms with Gasteiger partial charge < -0.3 is 0 Å². The minimum Gasteiger partial charge on any atom is -0.299 e. The number of rotatable bonds is 12. The van der Waals surface area contributed by atoms with E-state index in [4.69, 9.17) is 0 Å². The van der Waals surface area contributed by atoms with Gasteiger partial charge in [0, 0.05) is 11.8 Å². The molecule has 0 saturated heterocycles. The molecule has 0 aliphatic rings. The zero-order valence-corrected chi connectivity index (χ0v) is 13.3. The highest BCUT2D eigenvalue weighted by Gasteiger charge is 2.36. The zero-order chi connectivity index (χ0) is 16.5. The Morgan fingerprint density at radius 3 is 1.52 bits per heavy atom. The number of hydrogen-bond donors (Lipinski definition) is 0. The van der Waals surface area contributed by atoms with E-state index in [2.05, 4.69) is 0 Å². The maximum absolute atomic E-state index is 12.9. The van der Waals surface area contributed by atoms with Crippen molar-refractivity contribution in [1.82, 2.24) is 0 Å².